The van der Waals surface area contributed by atoms with Gasteiger partial charge >= 0.3 is 0 Å². The Kier molecular flexibility index (Phi) is 3.22. The first kappa shape index (κ1) is 10.7. The molecular weight excluding hydrogens is 222 g/mol. The van der Waals surface area contributed by atoms with E-state index in [1.807, 2.05) is 30.3 Å². The molecule has 0 aliphatic rings. The Balaban J connectivity index is 2.36. The lowest BCUT2D eigenvalue weighted by molar-refractivity contribution is -0.567. The molecule has 80 valence electrons. The summed E-state index contributed by atoms with van der Waals surface area (Å²) in [5.41, 5.74) is 0.648. The van der Waals surface area contributed by atoms with E-state index in [4.69, 9.17) is 11.6 Å². The van der Waals surface area contributed by atoms with Gasteiger partial charge in [-0.3, -0.25) is 0 Å². The largest absolute Gasteiger partial charge is 0.868 e. The Labute approximate surface area is 99.1 Å². The molecule has 0 spiro atoms. The standard InChI is InChI=1S/C13H10ClNO/c14-13-8-4-5-9-15(13)10-12(16)11-6-2-1-3-7-11/h1-10H/b12-10-. The normalized spacial score (nSPS) is 11.4. The summed E-state index contributed by atoms with van der Waals surface area (Å²) < 4.78 is 1.59. The third-order valence-corrected chi connectivity index (χ3v) is 2.47. The minimum absolute atomic E-state index is 0.0706. The van der Waals surface area contributed by atoms with Crippen molar-refractivity contribution in [3.63, 3.8) is 0 Å². The average molecular weight is 232 g/mol. The summed E-state index contributed by atoms with van der Waals surface area (Å²) in [5, 5.41) is 12.3. The van der Waals surface area contributed by atoms with Crippen LogP contribution in [0.25, 0.3) is 12.0 Å². The predicted molar refractivity (Wildman–Crippen MR) is 62.3 cm³/mol. The summed E-state index contributed by atoms with van der Waals surface area (Å²) in [6, 6.07) is 14.5. The first-order valence-corrected chi connectivity index (χ1v) is 5.25. The zero-order valence-electron chi connectivity index (χ0n) is 8.51. The van der Waals surface area contributed by atoms with Crippen LogP contribution < -0.4 is 9.67 Å². The van der Waals surface area contributed by atoms with E-state index in [-0.39, 0.29) is 5.76 Å². The van der Waals surface area contributed by atoms with E-state index in [2.05, 4.69) is 0 Å². The predicted octanol–water partition coefficient (Wildman–Crippen LogP) is 1.94. The van der Waals surface area contributed by atoms with Gasteiger partial charge in [-0.2, -0.15) is 4.57 Å². The zero-order valence-corrected chi connectivity index (χ0v) is 9.26. The maximum absolute atomic E-state index is 11.8. The van der Waals surface area contributed by atoms with Crippen molar-refractivity contribution in [2.75, 3.05) is 0 Å². The summed E-state index contributed by atoms with van der Waals surface area (Å²) in [5.74, 6) is -0.0706. The molecule has 0 aliphatic heterocycles. The Morgan fingerprint density at radius 3 is 2.44 bits per heavy atom. The highest BCUT2D eigenvalue weighted by Crippen LogP contribution is 2.08. The van der Waals surface area contributed by atoms with Gasteiger partial charge < -0.3 is 5.11 Å². The number of nitrogens with zero attached hydrogens (tertiary/aromatic N) is 1. The van der Waals surface area contributed by atoms with Crippen molar-refractivity contribution in [1.82, 2.24) is 0 Å². The average Bonchev–Trinajstić information content (AvgIpc) is 2.33. The molecule has 0 aliphatic carbocycles. The number of rotatable bonds is 2. The van der Waals surface area contributed by atoms with Crippen LogP contribution in [0.15, 0.2) is 54.7 Å². The van der Waals surface area contributed by atoms with Crippen LogP contribution in [0, 0.1) is 0 Å². The van der Waals surface area contributed by atoms with Gasteiger partial charge in [-0.15, -0.1) is 0 Å². The summed E-state index contributed by atoms with van der Waals surface area (Å²) in [6.45, 7) is 0. The lowest BCUT2D eigenvalue weighted by atomic mass is 10.2. The lowest BCUT2D eigenvalue weighted by Crippen LogP contribution is -2.28. The van der Waals surface area contributed by atoms with Crippen LogP contribution in [0.3, 0.4) is 0 Å². The van der Waals surface area contributed by atoms with E-state index in [9.17, 15) is 5.11 Å². The van der Waals surface area contributed by atoms with Gasteiger partial charge in [-0.1, -0.05) is 30.3 Å². The van der Waals surface area contributed by atoms with Crippen molar-refractivity contribution in [1.29, 1.82) is 0 Å². The molecule has 2 rings (SSSR count). The molecule has 0 radical (unpaired) electrons. The molecule has 2 nitrogen and oxygen atoms in total. The van der Waals surface area contributed by atoms with Crippen LogP contribution in [-0.4, -0.2) is 0 Å². The van der Waals surface area contributed by atoms with Gasteiger partial charge in [0.25, 0.3) is 5.15 Å². The molecule has 1 aromatic heterocycles. The van der Waals surface area contributed by atoms with Crippen LogP contribution in [0.5, 0.6) is 0 Å². The first-order valence-electron chi connectivity index (χ1n) is 4.87. The molecule has 0 fully saturated rings. The molecule has 0 saturated carbocycles. The van der Waals surface area contributed by atoms with Crippen LogP contribution in [0.1, 0.15) is 5.56 Å². The summed E-state index contributed by atoms with van der Waals surface area (Å²) in [7, 11) is 0. The Hall–Kier alpha value is -1.80. The number of pyridine rings is 1. The molecule has 0 amide bonds. The fourth-order valence-electron chi connectivity index (χ4n) is 1.34. The molecule has 0 unspecified atom stereocenters. The molecule has 1 aromatic carbocycles. The van der Waals surface area contributed by atoms with Crippen molar-refractivity contribution >= 4 is 23.6 Å². The summed E-state index contributed by atoms with van der Waals surface area (Å²) in [6.07, 6.45) is 3.21. The second-order valence-corrected chi connectivity index (χ2v) is 3.68. The van der Waals surface area contributed by atoms with Gasteiger partial charge in [0.15, 0.2) is 12.4 Å². The van der Waals surface area contributed by atoms with E-state index >= 15 is 0 Å². The fourth-order valence-corrected chi connectivity index (χ4v) is 1.52. The second kappa shape index (κ2) is 4.81. The Morgan fingerprint density at radius 2 is 1.75 bits per heavy atom. The molecule has 0 bridgehead atoms. The van der Waals surface area contributed by atoms with Crippen LogP contribution in [-0.2, 0) is 0 Å². The summed E-state index contributed by atoms with van der Waals surface area (Å²) in [4.78, 5) is 0. The topological polar surface area (TPSA) is 26.9 Å². The molecular formula is C13H10ClNO. The Morgan fingerprint density at radius 1 is 1.06 bits per heavy atom. The van der Waals surface area contributed by atoms with Gasteiger partial charge in [0.1, 0.15) is 0 Å². The third-order valence-electron chi connectivity index (χ3n) is 2.15. The van der Waals surface area contributed by atoms with Crippen molar-refractivity contribution in [2.45, 2.75) is 0 Å². The highest BCUT2D eigenvalue weighted by atomic mass is 35.5. The molecule has 2 aromatic rings. The van der Waals surface area contributed by atoms with E-state index < -0.39 is 0 Å². The number of benzene rings is 1. The van der Waals surface area contributed by atoms with Gasteiger partial charge in [0.05, 0.1) is 0 Å². The van der Waals surface area contributed by atoms with E-state index in [0.29, 0.717) is 10.7 Å². The van der Waals surface area contributed by atoms with Gasteiger partial charge in [-0.05, 0) is 29.0 Å². The maximum Gasteiger partial charge on any atom is 0.280 e. The highest BCUT2D eigenvalue weighted by molar-refractivity contribution is 6.28. The van der Waals surface area contributed by atoms with Crippen molar-refractivity contribution in [3.05, 3.63) is 65.4 Å². The number of halogens is 1. The minimum Gasteiger partial charge on any atom is -0.868 e. The lowest BCUT2D eigenvalue weighted by Gasteiger charge is -2.08. The molecule has 0 saturated heterocycles. The van der Waals surface area contributed by atoms with Crippen molar-refractivity contribution in [2.24, 2.45) is 0 Å². The number of hydrogen-bond donors (Lipinski definition) is 0. The molecule has 3 heteroatoms. The van der Waals surface area contributed by atoms with Crippen LogP contribution >= 0.6 is 11.6 Å². The molecule has 16 heavy (non-hydrogen) atoms. The Bertz CT molecular complexity index is 508. The van der Waals surface area contributed by atoms with E-state index in [0.717, 1.165) is 0 Å². The van der Waals surface area contributed by atoms with Crippen LogP contribution in [0.4, 0.5) is 0 Å². The molecule has 1 heterocycles. The van der Waals surface area contributed by atoms with Gasteiger partial charge in [-0.25, -0.2) is 0 Å². The number of hydrogen-bond acceptors (Lipinski definition) is 1. The quantitative estimate of drug-likeness (QED) is 0.441. The maximum atomic E-state index is 11.8. The zero-order chi connectivity index (χ0) is 11.4. The smallest absolute Gasteiger partial charge is 0.280 e. The molecule has 0 N–H and O–H groups in total. The summed E-state index contributed by atoms with van der Waals surface area (Å²) >= 11 is 5.94. The van der Waals surface area contributed by atoms with E-state index in [1.165, 1.54) is 6.20 Å². The van der Waals surface area contributed by atoms with Crippen LogP contribution in [0.2, 0.25) is 5.15 Å². The second-order valence-electron chi connectivity index (χ2n) is 3.29. The first-order chi connectivity index (χ1) is 7.77. The molecule has 0 atom stereocenters. The number of aromatic nitrogens is 1. The van der Waals surface area contributed by atoms with Crippen molar-refractivity contribution < 1.29 is 9.67 Å². The third kappa shape index (κ3) is 2.41. The fraction of sp³-hybridized carbons (Fsp3) is 0. The highest BCUT2D eigenvalue weighted by Gasteiger charge is 2.02. The minimum atomic E-state index is -0.0706. The monoisotopic (exact) mass is 231 g/mol. The van der Waals surface area contributed by atoms with Gasteiger partial charge in [0, 0.05) is 12.1 Å². The van der Waals surface area contributed by atoms with Gasteiger partial charge in [0.2, 0.25) is 0 Å². The van der Waals surface area contributed by atoms with Crippen molar-refractivity contribution in [3.8, 4) is 0 Å². The van der Waals surface area contributed by atoms with E-state index in [1.54, 1.807) is 29.0 Å². The SMILES string of the molecule is [O-]/C(=C\[n+]1ccccc1Cl)c1ccccc1.